The molecule has 31 heavy (non-hydrogen) atoms. The quantitative estimate of drug-likeness (QED) is 0.478. The monoisotopic (exact) mass is 430 g/mol. The maximum Gasteiger partial charge on any atom is 0.253 e. The summed E-state index contributed by atoms with van der Waals surface area (Å²) in [7, 11) is 0. The van der Waals surface area contributed by atoms with E-state index in [4.69, 9.17) is 14.0 Å². The zero-order chi connectivity index (χ0) is 21.9. The first-order chi connectivity index (χ1) is 15.2. The molecule has 0 aliphatic carbocycles. The molecule has 1 aromatic carbocycles. The fourth-order valence-corrected chi connectivity index (χ4v) is 3.56. The predicted octanol–water partition coefficient (Wildman–Crippen LogP) is 3.31. The Morgan fingerprint density at radius 2 is 1.90 bits per heavy atom. The van der Waals surface area contributed by atoms with E-state index < -0.39 is 0 Å². The van der Waals surface area contributed by atoms with E-state index in [1.807, 2.05) is 29.2 Å². The van der Waals surface area contributed by atoms with Gasteiger partial charge in [-0.15, -0.1) is 0 Å². The van der Waals surface area contributed by atoms with Crippen LogP contribution >= 0.6 is 0 Å². The number of rotatable bonds is 12. The van der Waals surface area contributed by atoms with Gasteiger partial charge in [0.15, 0.2) is 6.61 Å². The van der Waals surface area contributed by atoms with E-state index in [1.165, 1.54) is 12.8 Å². The van der Waals surface area contributed by atoms with Crippen molar-refractivity contribution in [1.29, 1.82) is 0 Å². The molecule has 1 aliphatic heterocycles. The van der Waals surface area contributed by atoms with Gasteiger partial charge in [-0.3, -0.25) is 9.69 Å². The first-order valence-electron chi connectivity index (χ1n) is 11.3. The second kappa shape index (κ2) is 12.4. The number of morpholine rings is 1. The van der Waals surface area contributed by atoms with Crippen molar-refractivity contribution in [2.24, 2.45) is 0 Å². The Balaban J connectivity index is 1.55. The highest BCUT2D eigenvalue weighted by molar-refractivity contribution is 5.94. The molecule has 0 saturated carbocycles. The molecule has 0 unspecified atom stereocenters. The number of carbonyl (C=O) groups excluding carboxylic acids is 1. The summed E-state index contributed by atoms with van der Waals surface area (Å²) < 4.78 is 16.1. The first kappa shape index (κ1) is 23.2. The molecule has 2 heterocycles. The Hall–Kier alpha value is -2.45. The van der Waals surface area contributed by atoms with Gasteiger partial charge in [0.1, 0.15) is 5.75 Å². The molecule has 0 radical (unpaired) electrons. The number of aromatic nitrogens is 2. The number of ether oxygens (including phenoxy) is 2. The van der Waals surface area contributed by atoms with Crippen LogP contribution in [0.25, 0.3) is 0 Å². The van der Waals surface area contributed by atoms with Crippen molar-refractivity contribution in [2.45, 2.75) is 46.1 Å². The second-order valence-corrected chi connectivity index (χ2v) is 7.85. The predicted molar refractivity (Wildman–Crippen MR) is 117 cm³/mol. The van der Waals surface area contributed by atoms with E-state index >= 15 is 0 Å². The van der Waals surface area contributed by atoms with Crippen molar-refractivity contribution in [3.8, 4) is 5.75 Å². The van der Waals surface area contributed by atoms with Crippen LogP contribution in [0.5, 0.6) is 5.75 Å². The number of nitrogens with zero attached hydrogens (tertiary/aromatic N) is 4. The normalized spacial score (nSPS) is 14.5. The Kier molecular flexibility index (Phi) is 9.30. The molecule has 1 aromatic heterocycles. The molecule has 0 atom stereocenters. The van der Waals surface area contributed by atoms with Crippen LogP contribution in [0.3, 0.4) is 0 Å². The van der Waals surface area contributed by atoms with Gasteiger partial charge in [-0.2, -0.15) is 4.98 Å². The highest BCUT2D eigenvalue weighted by Gasteiger charge is 2.18. The van der Waals surface area contributed by atoms with Crippen LogP contribution in [-0.4, -0.2) is 71.8 Å². The third-order valence-electron chi connectivity index (χ3n) is 5.40. The van der Waals surface area contributed by atoms with Gasteiger partial charge < -0.3 is 18.9 Å². The van der Waals surface area contributed by atoms with Gasteiger partial charge in [0.05, 0.1) is 13.2 Å². The zero-order valence-electron chi connectivity index (χ0n) is 18.7. The molecule has 1 fully saturated rings. The van der Waals surface area contributed by atoms with Crippen molar-refractivity contribution in [3.05, 3.63) is 41.5 Å². The largest absolute Gasteiger partial charge is 0.485 e. The van der Waals surface area contributed by atoms with Gasteiger partial charge >= 0.3 is 0 Å². The number of unbranched alkanes of at least 4 members (excludes halogenated alkanes) is 3. The highest BCUT2D eigenvalue weighted by Crippen LogP contribution is 2.16. The molecule has 1 amide bonds. The van der Waals surface area contributed by atoms with Gasteiger partial charge in [0.25, 0.3) is 5.91 Å². The van der Waals surface area contributed by atoms with Gasteiger partial charge in [0.2, 0.25) is 11.7 Å². The molecule has 8 heteroatoms. The van der Waals surface area contributed by atoms with Crippen molar-refractivity contribution >= 4 is 5.91 Å². The molecule has 1 saturated heterocycles. The zero-order valence-corrected chi connectivity index (χ0v) is 18.7. The van der Waals surface area contributed by atoms with E-state index in [0.717, 1.165) is 58.8 Å². The van der Waals surface area contributed by atoms with Gasteiger partial charge in [-0.25, -0.2) is 0 Å². The third kappa shape index (κ3) is 7.63. The van der Waals surface area contributed by atoms with Crippen LogP contribution in [0.2, 0.25) is 0 Å². The van der Waals surface area contributed by atoms with Crippen LogP contribution < -0.4 is 4.74 Å². The van der Waals surface area contributed by atoms with E-state index in [-0.39, 0.29) is 12.5 Å². The van der Waals surface area contributed by atoms with Crippen molar-refractivity contribution < 1.29 is 18.8 Å². The topological polar surface area (TPSA) is 80.9 Å². The highest BCUT2D eigenvalue weighted by atomic mass is 16.5. The van der Waals surface area contributed by atoms with Crippen molar-refractivity contribution in [1.82, 2.24) is 19.9 Å². The third-order valence-corrected chi connectivity index (χ3v) is 5.40. The lowest BCUT2D eigenvalue weighted by atomic mass is 10.1. The summed E-state index contributed by atoms with van der Waals surface area (Å²) in [5.74, 6) is 1.75. The van der Waals surface area contributed by atoms with Crippen molar-refractivity contribution in [2.75, 3.05) is 45.9 Å². The SMILES string of the molecule is CCCCCCN(CCN1CCOCC1)C(=O)c1ccc(OCc2noc(C)n2)cc1. The lowest BCUT2D eigenvalue weighted by molar-refractivity contribution is 0.0324. The summed E-state index contributed by atoms with van der Waals surface area (Å²) in [5.41, 5.74) is 0.681. The molecule has 8 nitrogen and oxygen atoms in total. The average molecular weight is 431 g/mol. The fraction of sp³-hybridized carbons (Fsp3) is 0.609. The Labute approximate surface area is 184 Å². The molecule has 0 N–H and O–H groups in total. The second-order valence-electron chi connectivity index (χ2n) is 7.85. The molecular weight excluding hydrogens is 396 g/mol. The van der Waals surface area contributed by atoms with E-state index in [0.29, 0.717) is 23.0 Å². The summed E-state index contributed by atoms with van der Waals surface area (Å²) in [6.07, 6.45) is 4.58. The number of hydrogen-bond acceptors (Lipinski definition) is 7. The van der Waals surface area contributed by atoms with Crippen LogP contribution in [0.1, 0.15) is 54.7 Å². The number of aryl methyl sites for hydroxylation is 1. The first-order valence-corrected chi connectivity index (χ1v) is 11.3. The standard InChI is InChI=1S/C23H34N4O4/c1-3-4-5-6-11-27(13-12-26-14-16-29-17-15-26)23(28)20-7-9-21(10-8-20)30-18-22-24-19(2)31-25-22/h7-10H,3-6,11-18H2,1-2H3. The van der Waals surface area contributed by atoms with E-state index in [2.05, 4.69) is 22.0 Å². The van der Waals surface area contributed by atoms with Gasteiger partial charge in [0, 0.05) is 45.2 Å². The molecule has 2 aromatic rings. The number of benzene rings is 1. The summed E-state index contributed by atoms with van der Waals surface area (Å²) in [6, 6.07) is 7.29. The molecular formula is C23H34N4O4. The minimum Gasteiger partial charge on any atom is -0.485 e. The smallest absolute Gasteiger partial charge is 0.253 e. The lowest BCUT2D eigenvalue weighted by Gasteiger charge is -2.30. The van der Waals surface area contributed by atoms with Crippen LogP contribution in [0.4, 0.5) is 0 Å². The Morgan fingerprint density at radius 3 is 2.58 bits per heavy atom. The number of amides is 1. The van der Waals surface area contributed by atoms with Crippen LogP contribution in [0, 0.1) is 6.92 Å². The lowest BCUT2D eigenvalue weighted by Crippen LogP contribution is -2.43. The Morgan fingerprint density at radius 1 is 1.13 bits per heavy atom. The van der Waals surface area contributed by atoms with Crippen LogP contribution in [-0.2, 0) is 11.3 Å². The van der Waals surface area contributed by atoms with E-state index in [1.54, 1.807) is 6.92 Å². The van der Waals surface area contributed by atoms with Crippen LogP contribution in [0.15, 0.2) is 28.8 Å². The molecule has 170 valence electrons. The molecule has 0 spiro atoms. The molecule has 1 aliphatic rings. The number of hydrogen-bond donors (Lipinski definition) is 0. The van der Waals surface area contributed by atoms with Crippen molar-refractivity contribution in [3.63, 3.8) is 0 Å². The van der Waals surface area contributed by atoms with Gasteiger partial charge in [-0.1, -0.05) is 31.3 Å². The maximum absolute atomic E-state index is 13.2. The van der Waals surface area contributed by atoms with E-state index in [9.17, 15) is 4.79 Å². The minimum absolute atomic E-state index is 0.0742. The maximum atomic E-state index is 13.2. The van der Waals surface area contributed by atoms with Gasteiger partial charge in [-0.05, 0) is 30.7 Å². The Bertz CT molecular complexity index is 787. The number of carbonyl (C=O) groups is 1. The summed E-state index contributed by atoms with van der Waals surface area (Å²) >= 11 is 0. The summed E-state index contributed by atoms with van der Waals surface area (Å²) in [4.78, 5) is 21.7. The molecule has 3 rings (SSSR count). The summed E-state index contributed by atoms with van der Waals surface area (Å²) in [5, 5.41) is 3.82. The average Bonchev–Trinajstić information content (AvgIpc) is 3.23. The molecule has 0 bridgehead atoms. The minimum atomic E-state index is 0.0742. The summed E-state index contributed by atoms with van der Waals surface area (Å²) in [6.45, 7) is 9.99. The fourth-order valence-electron chi connectivity index (χ4n) is 3.56.